The van der Waals surface area contributed by atoms with Crippen LogP contribution >= 0.6 is 0 Å². The van der Waals surface area contributed by atoms with Gasteiger partial charge in [-0.3, -0.25) is 14.6 Å². The zero-order valence-electron chi connectivity index (χ0n) is 13.3. The molecule has 0 radical (unpaired) electrons. The molecule has 4 aromatic rings. The molecule has 0 saturated heterocycles. The summed E-state index contributed by atoms with van der Waals surface area (Å²) in [5.74, 6) is 0.434. The first-order chi connectivity index (χ1) is 12.3. The maximum atomic E-state index is 12.6. The summed E-state index contributed by atoms with van der Waals surface area (Å²) in [6, 6.07) is 17.1. The van der Waals surface area contributed by atoms with E-state index in [0.717, 1.165) is 16.5 Å². The molecule has 25 heavy (non-hydrogen) atoms. The van der Waals surface area contributed by atoms with Gasteiger partial charge in [0.1, 0.15) is 18.9 Å². The monoisotopic (exact) mass is 332 g/mol. The van der Waals surface area contributed by atoms with Gasteiger partial charge in [0.05, 0.1) is 11.7 Å². The number of aromatic nitrogens is 5. The van der Waals surface area contributed by atoms with Crippen molar-refractivity contribution in [2.45, 2.75) is 12.6 Å². The van der Waals surface area contributed by atoms with E-state index in [2.05, 4.69) is 25.6 Å². The number of nitrogens with zero attached hydrogens (tertiary/aromatic N) is 4. The topological polar surface area (TPSA) is 88.5 Å². The average molecular weight is 332 g/mol. The van der Waals surface area contributed by atoms with Gasteiger partial charge in [0, 0.05) is 5.39 Å². The van der Waals surface area contributed by atoms with Crippen LogP contribution in [-0.4, -0.2) is 30.9 Å². The lowest BCUT2D eigenvalue weighted by atomic mass is 10.1. The summed E-state index contributed by atoms with van der Waals surface area (Å²) in [5, 5.41) is 15.0. The average Bonchev–Trinajstić information content (AvgIpc) is 3.31. The molecule has 0 bridgehead atoms. The SMILES string of the molecule is O=C(Cn1ncc2ccccc21)NC(c1ccccc1)c1ncn[nH]1. The molecule has 7 nitrogen and oxygen atoms in total. The van der Waals surface area contributed by atoms with Crippen molar-refractivity contribution in [3.8, 4) is 0 Å². The number of rotatable bonds is 5. The highest BCUT2D eigenvalue weighted by atomic mass is 16.2. The highest BCUT2D eigenvalue weighted by Gasteiger charge is 2.20. The van der Waals surface area contributed by atoms with Crippen molar-refractivity contribution >= 4 is 16.8 Å². The normalized spacial score (nSPS) is 12.2. The Bertz CT molecular complexity index is 977. The van der Waals surface area contributed by atoms with Crippen LogP contribution in [0.4, 0.5) is 0 Å². The fourth-order valence-electron chi connectivity index (χ4n) is 2.80. The first kappa shape index (κ1) is 15.1. The predicted octanol–water partition coefficient (Wildman–Crippen LogP) is 2.06. The molecule has 0 saturated carbocycles. The molecule has 7 heteroatoms. The molecule has 124 valence electrons. The van der Waals surface area contributed by atoms with Crippen LogP contribution < -0.4 is 5.32 Å². The molecule has 2 aromatic carbocycles. The number of para-hydroxylation sites is 1. The maximum Gasteiger partial charge on any atom is 0.242 e. The van der Waals surface area contributed by atoms with E-state index in [1.807, 2.05) is 54.6 Å². The number of carbonyl (C=O) groups excluding carboxylic acids is 1. The number of hydrogen-bond donors (Lipinski definition) is 2. The molecule has 1 amide bonds. The van der Waals surface area contributed by atoms with Crippen LogP contribution in [-0.2, 0) is 11.3 Å². The highest BCUT2D eigenvalue weighted by molar-refractivity contribution is 5.82. The van der Waals surface area contributed by atoms with Crippen molar-refractivity contribution in [1.29, 1.82) is 0 Å². The fraction of sp³-hybridized carbons (Fsp3) is 0.111. The second-order valence-electron chi connectivity index (χ2n) is 5.64. The highest BCUT2D eigenvalue weighted by Crippen LogP contribution is 2.18. The first-order valence-corrected chi connectivity index (χ1v) is 7.91. The Labute approximate surface area is 143 Å². The second-order valence-corrected chi connectivity index (χ2v) is 5.64. The summed E-state index contributed by atoms with van der Waals surface area (Å²) in [6.45, 7) is 0.130. The Balaban J connectivity index is 1.57. The number of hydrogen-bond acceptors (Lipinski definition) is 4. The molecular weight excluding hydrogens is 316 g/mol. The smallest absolute Gasteiger partial charge is 0.242 e. The van der Waals surface area contributed by atoms with E-state index < -0.39 is 6.04 Å². The zero-order valence-corrected chi connectivity index (χ0v) is 13.3. The van der Waals surface area contributed by atoms with Gasteiger partial charge >= 0.3 is 0 Å². The van der Waals surface area contributed by atoms with E-state index in [-0.39, 0.29) is 12.5 Å². The van der Waals surface area contributed by atoms with E-state index in [1.165, 1.54) is 6.33 Å². The Hall–Kier alpha value is -3.48. The van der Waals surface area contributed by atoms with Crippen LogP contribution in [0.3, 0.4) is 0 Å². The van der Waals surface area contributed by atoms with Gasteiger partial charge in [-0.1, -0.05) is 48.5 Å². The van der Waals surface area contributed by atoms with E-state index in [0.29, 0.717) is 5.82 Å². The third kappa shape index (κ3) is 3.12. The Morgan fingerprint density at radius 3 is 2.72 bits per heavy atom. The largest absolute Gasteiger partial charge is 0.340 e. The molecule has 0 fully saturated rings. The number of benzene rings is 2. The lowest BCUT2D eigenvalue weighted by Crippen LogP contribution is -2.33. The third-order valence-corrected chi connectivity index (χ3v) is 3.99. The molecule has 1 unspecified atom stereocenters. The zero-order chi connectivity index (χ0) is 17.1. The third-order valence-electron chi connectivity index (χ3n) is 3.99. The maximum absolute atomic E-state index is 12.6. The van der Waals surface area contributed by atoms with Crippen molar-refractivity contribution in [2.75, 3.05) is 0 Å². The number of nitrogens with one attached hydrogen (secondary N) is 2. The summed E-state index contributed by atoms with van der Waals surface area (Å²) in [7, 11) is 0. The Kier molecular flexibility index (Phi) is 3.96. The summed E-state index contributed by atoms with van der Waals surface area (Å²) in [6.07, 6.45) is 3.19. The molecule has 2 heterocycles. The van der Waals surface area contributed by atoms with Crippen LogP contribution in [0.25, 0.3) is 10.9 Å². The lowest BCUT2D eigenvalue weighted by molar-refractivity contribution is -0.122. The van der Waals surface area contributed by atoms with Gasteiger partial charge in [-0.05, 0) is 11.6 Å². The van der Waals surface area contributed by atoms with E-state index in [4.69, 9.17) is 0 Å². The number of aromatic amines is 1. The van der Waals surface area contributed by atoms with Crippen molar-refractivity contribution in [3.63, 3.8) is 0 Å². The minimum atomic E-state index is -0.391. The lowest BCUT2D eigenvalue weighted by Gasteiger charge is -2.17. The molecule has 2 aromatic heterocycles. The van der Waals surface area contributed by atoms with Gasteiger partial charge < -0.3 is 5.32 Å². The standard InChI is InChI=1S/C18H16N6O/c25-16(11-24-15-9-5-4-8-14(15)10-21-24)22-17(18-19-12-20-23-18)13-6-2-1-3-7-13/h1-10,12,17H,11H2,(H,22,25)(H,19,20,23). The summed E-state index contributed by atoms with van der Waals surface area (Å²) >= 11 is 0. The van der Waals surface area contributed by atoms with Gasteiger partial charge in [0.2, 0.25) is 5.91 Å². The first-order valence-electron chi connectivity index (χ1n) is 7.91. The van der Waals surface area contributed by atoms with Crippen molar-refractivity contribution in [2.24, 2.45) is 0 Å². The minimum Gasteiger partial charge on any atom is -0.340 e. The molecule has 4 rings (SSSR count). The molecule has 0 aliphatic heterocycles. The fourth-order valence-corrected chi connectivity index (χ4v) is 2.80. The molecular formula is C18H16N6O. The van der Waals surface area contributed by atoms with Gasteiger partial charge in [0.25, 0.3) is 0 Å². The van der Waals surface area contributed by atoms with Crippen LogP contribution in [0.1, 0.15) is 17.4 Å². The van der Waals surface area contributed by atoms with Crippen molar-refractivity contribution in [1.82, 2.24) is 30.3 Å². The Morgan fingerprint density at radius 2 is 1.92 bits per heavy atom. The second kappa shape index (κ2) is 6.56. The minimum absolute atomic E-state index is 0.130. The van der Waals surface area contributed by atoms with E-state index >= 15 is 0 Å². The summed E-state index contributed by atoms with van der Waals surface area (Å²) in [5.41, 5.74) is 1.85. The number of carbonyl (C=O) groups is 1. The van der Waals surface area contributed by atoms with Gasteiger partial charge in [-0.15, -0.1) is 0 Å². The predicted molar refractivity (Wildman–Crippen MR) is 92.5 cm³/mol. The molecule has 0 aliphatic rings. The van der Waals surface area contributed by atoms with Crippen molar-refractivity contribution < 1.29 is 4.79 Å². The van der Waals surface area contributed by atoms with E-state index in [1.54, 1.807) is 10.9 Å². The van der Waals surface area contributed by atoms with Crippen molar-refractivity contribution in [3.05, 3.63) is 78.5 Å². The Morgan fingerprint density at radius 1 is 1.12 bits per heavy atom. The quantitative estimate of drug-likeness (QED) is 0.585. The number of H-pyrrole nitrogens is 1. The van der Waals surface area contributed by atoms with E-state index in [9.17, 15) is 4.79 Å². The summed E-state index contributed by atoms with van der Waals surface area (Å²) in [4.78, 5) is 16.8. The number of fused-ring (bicyclic) bond motifs is 1. The van der Waals surface area contributed by atoms with Gasteiger partial charge in [-0.25, -0.2) is 4.98 Å². The van der Waals surface area contributed by atoms with Crippen LogP contribution in [0, 0.1) is 0 Å². The molecule has 0 spiro atoms. The molecule has 2 N–H and O–H groups in total. The van der Waals surface area contributed by atoms with Crippen LogP contribution in [0.15, 0.2) is 67.1 Å². The molecule has 1 atom stereocenters. The van der Waals surface area contributed by atoms with Gasteiger partial charge in [-0.2, -0.15) is 10.2 Å². The summed E-state index contributed by atoms with van der Waals surface area (Å²) < 4.78 is 1.69. The number of amides is 1. The van der Waals surface area contributed by atoms with Crippen LogP contribution in [0.5, 0.6) is 0 Å². The van der Waals surface area contributed by atoms with Crippen LogP contribution in [0.2, 0.25) is 0 Å². The molecule has 0 aliphatic carbocycles. The van der Waals surface area contributed by atoms with Gasteiger partial charge in [0.15, 0.2) is 5.82 Å².